The van der Waals surface area contributed by atoms with E-state index in [1.807, 2.05) is 0 Å². The largest absolute Gasteiger partial charge is 0.372 e. The smallest absolute Gasteiger partial charge is 0.0725 e. The molecule has 0 amide bonds. The van der Waals surface area contributed by atoms with Gasteiger partial charge in [-0.3, -0.25) is 0 Å². The van der Waals surface area contributed by atoms with E-state index >= 15 is 0 Å². The first-order valence-corrected chi connectivity index (χ1v) is 7.75. The number of rotatable bonds is 4. The Morgan fingerprint density at radius 3 is 2.70 bits per heavy atom. The Hall–Kier alpha value is -1.16. The van der Waals surface area contributed by atoms with Crippen molar-refractivity contribution in [2.24, 2.45) is 0 Å². The molecule has 0 aliphatic carbocycles. The molecule has 0 spiro atoms. The van der Waals surface area contributed by atoms with Crippen LogP contribution in [0.5, 0.6) is 0 Å². The predicted molar refractivity (Wildman–Crippen MR) is 84.6 cm³/mol. The molecule has 0 bridgehead atoms. The fourth-order valence-electron chi connectivity index (χ4n) is 2.69. The van der Waals surface area contributed by atoms with Crippen molar-refractivity contribution < 1.29 is 4.74 Å². The molecule has 0 saturated carbocycles. The van der Waals surface area contributed by atoms with E-state index in [0.29, 0.717) is 0 Å². The third kappa shape index (κ3) is 2.80. The van der Waals surface area contributed by atoms with Gasteiger partial charge in [0.05, 0.1) is 19.3 Å². The van der Waals surface area contributed by atoms with Gasteiger partial charge in [0.25, 0.3) is 0 Å². The Bertz CT molecular complexity index is 612. The van der Waals surface area contributed by atoms with Crippen LogP contribution in [0.4, 0.5) is 0 Å². The number of nitrogens with one attached hydrogen (secondary N) is 1. The number of hydrogen-bond donors (Lipinski definition) is 1. The normalized spacial score (nSPS) is 15.1. The van der Waals surface area contributed by atoms with Crippen LogP contribution < -0.4 is 5.32 Å². The molecule has 3 heteroatoms. The number of ether oxygens (including phenoxy) is 1. The van der Waals surface area contributed by atoms with Crippen LogP contribution in [0, 0.1) is 0 Å². The highest BCUT2D eigenvalue weighted by molar-refractivity contribution is 9.10. The van der Waals surface area contributed by atoms with Crippen molar-refractivity contribution in [1.82, 2.24) is 5.32 Å². The summed E-state index contributed by atoms with van der Waals surface area (Å²) >= 11 is 3.56. The first-order chi connectivity index (χ1) is 9.78. The van der Waals surface area contributed by atoms with Gasteiger partial charge in [-0.2, -0.15) is 0 Å². The zero-order valence-corrected chi connectivity index (χ0v) is 13.1. The topological polar surface area (TPSA) is 21.3 Å². The molecule has 1 heterocycles. The standard InChI is InChI=1S/C17H18BrNO/c1-2-19-17(12-4-3-5-16(18)9-12)13-6-7-14-10-20-11-15(14)8-13/h3-9,17,19H,2,10-11H2,1H3. The highest BCUT2D eigenvalue weighted by Crippen LogP contribution is 2.28. The second-order valence-electron chi connectivity index (χ2n) is 5.07. The third-order valence-corrected chi connectivity index (χ3v) is 4.16. The maximum Gasteiger partial charge on any atom is 0.0725 e. The molecule has 1 atom stereocenters. The van der Waals surface area contributed by atoms with E-state index in [0.717, 1.165) is 24.2 Å². The van der Waals surface area contributed by atoms with Crippen molar-refractivity contribution in [3.63, 3.8) is 0 Å². The van der Waals surface area contributed by atoms with Crippen LogP contribution in [-0.2, 0) is 18.0 Å². The first-order valence-electron chi connectivity index (χ1n) is 6.96. The van der Waals surface area contributed by atoms with Crippen LogP contribution in [0.15, 0.2) is 46.9 Å². The van der Waals surface area contributed by atoms with Crippen LogP contribution in [0.3, 0.4) is 0 Å². The zero-order valence-electron chi connectivity index (χ0n) is 11.5. The summed E-state index contributed by atoms with van der Waals surface area (Å²) in [6.07, 6.45) is 0. The Morgan fingerprint density at radius 2 is 1.90 bits per heavy atom. The maximum absolute atomic E-state index is 5.51. The van der Waals surface area contributed by atoms with Gasteiger partial charge in [0, 0.05) is 4.47 Å². The molecule has 1 aliphatic heterocycles. The first kappa shape index (κ1) is 13.8. The van der Waals surface area contributed by atoms with Crippen LogP contribution in [-0.4, -0.2) is 6.54 Å². The summed E-state index contributed by atoms with van der Waals surface area (Å²) in [7, 11) is 0. The molecule has 0 saturated heterocycles. The third-order valence-electron chi connectivity index (χ3n) is 3.67. The van der Waals surface area contributed by atoms with Crippen molar-refractivity contribution >= 4 is 15.9 Å². The summed E-state index contributed by atoms with van der Waals surface area (Å²) in [6, 6.07) is 15.4. The van der Waals surface area contributed by atoms with Crippen LogP contribution in [0.25, 0.3) is 0 Å². The predicted octanol–water partition coefficient (Wildman–Crippen LogP) is 4.18. The lowest BCUT2D eigenvalue weighted by Gasteiger charge is -2.20. The van der Waals surface area contributed by atoms with Gasteiger partial charge in [-0.25, -0.2) is 0 Å². The van der Waals surface area contributed by atoms with E-state index in [-0.39, 0.29) is 6.04 Å². The second-order valence-corrected chi connectivity index (χ2v) is 5.98. The number of benzene rings is 2. The average molecular weight is 332 g/mol. The van der Waals surface area contributed by atoms with Crippen molar-refractivity contribution in [2.45, 2.75) is 26.2 Å². The Balaban J connectivity index is 1.98. The monoisotopic (exact) mass is 331 g/mol. The second kappa shape index (κ2) is 6.08. The molecule has 2 aromatic carbocycles. The molecule has 3 rings (SSSR count). The van der Waals surface area contributed by atoms with E-state index < -0.39 is 0 Å². The minimum Gasteiger partial charge on any atom is -0.372 e. The number of halogens is 1. The Morgan fingerprint density at radius 1 is 1.10 bits per heavy atom. The summed E-state index contributed by atoms with van der Waals surface area (Å²) in [5, 5.41) is 3.57. The van der Waals surface area contributed by atoms with Crippen LogP contribution in [0.2, 0.25) is 0 Å². The molecule has 20 heavy (non-hydrogen) atoms. The summed E-state index contributed by atoms with van der Waals surface area (Å²) in [6.45, 7) is 4.56. The van der Waals surface area contributed by atoms with E-state index in [1.165, 1.54) is 22.3 Å². The zero-order chi connectivity index (χ0) is 13.9. The summed E-state index contributed by atoms with van der Waals surface area (Å²) in [5.74, 6) is 0. The minimum atomic E-state index is 0.225. The lowest BCUT2D eigenvalue weighted by molar-refractivity contribution is 0.134. The van der Waals surface area contributed by atoms with Crippen molar-refractivity contribution in [2.75, 3.05) is 6.54 Å². The molecular weight excluding hydrogens is 314 g/mol. The molecule has 0 radical (unpaired) electrons. The highest BCUT2D eigenvalue weighted by Gasteiger charge is 2.17. The lowest BCUT2D eigenvalue weighted by atomic mass is 9.95. The van der Waals surface area contributed by atoms with E-state index in [9.17, 15) is 0 Å². The molecule has 104 valence electrons. The summed E-state index contributed by atoms with van der Waals surface area (Å²) in [4.78, 5) is 0. The SMILES string of the molecule is CCNC(c1cccc(Br)c1)c1ccc2c(c1)COC2. The van der Waals surface area contributed by atoms with E-state index in [4.69, 9.17) is 4.74 Å². The average Bonchev–Trinajstić information content (AvgIpc) is 2.92. The fraction of sp³-hybridized carbons (Fsp3) is 0.294. The van der Waals surface area contributed by atoms with Crippen molar-refractivity contribution in [3.05, 3.63) is 69.2 Å². The fourth-order valence-corrected chi connectivity index (χ4v) is 3.11. The van der Waals surface area contributed by atoms with Crippen LogP contribution >= 0.6 is 15.9 Å². The van der Waals surface area contributed by atoms with Gasteiger partial charge in [-0.1, -0.05) is 53.2 Å². The molecule has 1 unspecified atom stereocenters. The number of hydrogen-bond acceptors (Lipinski definition) is 2. The maximum atomic E-state index is 5.51. The van der Waals surface area contributed by atoms with Gasteiger partial charge in [-0.15, -0.1) is 0 Å². The van der Waals surface area contributed by atoms with Gasteiger partial charge in [0.2, 0.25) is 0 Å². The highest BCUT2D eigenvalue weighted by atomic mass is 79.9. The molecule has 1 aliphatic rings. The van der Waals surface area contributed by atoms with Gasteiger partial charge >= 0.3 is 0 Å². The lowest BCUT2D eigenvalue weighted by Crippen LogP contribution is -2.22. The molecule has 1 N–H and O–H groups in total. The quantitative estimate of drug-likeness (QED) is 0.907. The molecule has 2 nitrogen and oxygen atoms in total. The molecule has 0 aromatic heterocycles. The Labute approximate surface area is 128 Å². The molecule has 0 fully saturated rings. The van der Waals surface area contributed by atoms with Crippen molar-refractivity contribution in [3.8, 4) is 0 Å². The van der Waals surface area contributed by atoms with Gasteiger partial charge in [0.15, 0.2) is 0 Å². The summed E-state index contributed by atoms with van der Waals surface area (Å²) in [5.41, 5.74) is 5.22. The van der Waals surface area contributed by atoms with Gasteiger partial charge in [-0.05, 0) is 40.9 Å². The number of fused-ring (bicyclic) bond motifs is 1. The van der Waals surface area contributed by atoms with Crippen LogP contribution in [0.1, 0.15) is 35.2 Å². The minimum absolute atomic E-state index is 0.225. The van der Waals surface area contributed by atoms with E-state index in [2.05, 4.69) is 70.6 Å². The van der Waals surface area contributed by atoms with Gasteiger partial charge in [0.1, 0.15) is 0 Å². The van der Waals surface area contributed by atoms with E-state index in [1.54, 1.807) is 0 Å². The molecular formula is C17H18BrNO. The summed E-state index contributed by atoms with van der Waals surface area (Å²) < 4.78 is 6.62. The Kier molecular flexibility index (Phi) is 4.20. The van der Waals surface area contributed by atoms with Crippen molar-refractivity contribution in [1.29, 1.82) is 0 Å². The molecule has 2 aromatic rings. The van der Waals surface area contributed by atoms with Gasteiger partial charge < -0.3 is 10.1 Å².